The summed E-state index contributed by atoms with van der Waals surface area (Å²) in [7, 11) is 0. The van der Waals surface area contributed by atoms with Crippen molar-refractivity contribution >= 4 is 28.8 Å². The first-order chi connectivity index (χ1) is 15.0. The molecule has 0 aliphatic rings. The summed E-state index contributed by atoms with van der Waals surface area (Å²) in [5.74, 6) is 0.382. The van der Waals surface area contributed by atoms with E-state index >= 15 is 0 Å². The Hall–Kier alpha value is -3.52. The first kappa shape index (κ1) is 20.7. The van der Waals surface area contributed by atoms with Crippen molar-refractivity contribution in [1.82, 2.24) is 19.6 Å². The third-order valence-corrected chi connectivity index (χ3v) is 5.14. The Balaban J connectivity index is 1.39. The minimum absolute atomic E-state index is 0.249. The van der Waals surface area contributed by atoms with Crippen molar-refractivity contribution < 1.29 is 4.39 Å². The van der Waals surface area contributed by atoms with Crippen molar-refractivity contribution in [2.24, 2.45) is 0 Å². The molecule has 6 nitrogen and oxygen atoms in total. The van der Waals surface area contributed by atoms with Crippen LogP contribution in [-0.2, 0) is 13.1 Å². The Kier molecular flexibility index (Phi) is 6.08. The lowest BCUT2D eigenvalue weighted by molar-refractivity contribution is 0.624. The molecule has 0 amide bonds. The number of hydrogen-bond donors (Lipinski definition) is 2. The summed E-state index contributed by atoms with van der Waals surface area (Å²) in [6, 6.07) is 18.4. The molecule has 158 valence electrons. The molecule has 0 bridgehead atoms. The van der Waals surface area contributed by atoms with Gasteiger partial charge in [0.15, 0.2) is 10.9 Å². The second kappa shape index (κ2) is 9.09. The number of rotatable bonds is 6. The number of aromatic nitrogens is 4. The molecule has 2 heterocycles. The number of anilines is 2. The molecule has 0 spiro atoms. The molecule has 2 aromatic heterocycles. The van der Waals surface area contributed by atoms with Crippen LogP contribution in [0.5, 0.6) is 0 Å². The molecule has 0 aliphatic carbocycles. The van der Waals surface area contributed by atoms with E-state index in [1.165, 1.54) is 17.7 Å². The van der Waals surface area contributed by atoms with Crippen molar-refractivity contribution in [3.8, 4) is 0 Å². The zero-order valence-electron chi connectivity index (χ0n) is 17.3. The van der Waals surface area contributed by atoms with Crippen LogP contribution in [0.1, 0.15) is 22.5 Å². The van der Waals surface area contributed by atoms with Crippen LogP contribution in [0.2, 0.25) is 0 Å². The van der Waals surface area contributed by atoms with Gasteiger partial charge in [0.1, 0.15) is 5.82 Å². The van der Waals surface area contributed by atoms with Crippen molar-refractivity contribution in [3.63, 3.8) is 0 Å². The lowest BCUT2D eigenvalue weighted by Crippen LogP contribution is -2.20. The van der Waals surface area contributed by atoms with Gasteiger partial charge in [-0.2, -0.15) is 10.2 Å². The summed E-state index contributed by atoms with van der Waals surface area (Å²) in [5, 5.41) is 15.9. The minimum Gasteiger partial charge on any atom is -0.329 e. The van der Waals surface area contributed by atoms with E-state index in [2.05, 4.69) is 33.0 Å². The molecular weight excluding hydrogens is 411 g/mol. The lowest BCUT2D eigenvalue weighted by Gasteiger charge is -2.10. The molecule has 8 heteroatoms. The number of benzene rings is 2. The van der Waals surface area contributed by atoms with Gasteiger partial charge < -0.3 is 10.6 Å². The molecule has 0 unspecified atom stereocenters. The fraction of sp³-hybridized carbons (Fsp3) is 0.174. The number of aryl methyl sites for hydroxylation is 1. The summed E-state index contributed by atoms with van der Waals surface area (Å²) in [5.41, 5.74) is 4.92. The van der Waals surface area contributed by atoms with E-state index in [0.29, 0.717) is 24.0 Å². The van der Waals surface area contributed by atoms with Gasteiger partial charge in [0, 0.05) is 12.3 Å². The first-order valence-corrected chi connectivity index (χ1v) is 10.3. The normalized spacial score (nSPS) is 10.8. The number of nitrogens with zero attached hydrogens (tertiary/aromatic N) is 4. The van der Waals surface area contributed by atoms with Gasteiger partial charge in [-0.1, -0.05) is 42.5 Å². The summed E-state index contributed by atoms with van der Waals surface area (Å²) in [6.07, 6.45) is 1.85. The highest BCUT2D eigenvalue weighted by atomic mass is 32.1. The van der Waals surface area contributed by atoms with Gasteiger partial charge in [-0.05, 0) is 49.3 Å². The van der Waals surface area contributed by atoms with Crippen LogP contribution in [0.15, 0.2) is 66.9 Å². The van der Waals surface area contributed by atoms with E-state index in [1.54, 1.807) is 16.8 Å². The monoisotopic (exact) mass is 434 g/mol. The van der Waals surface area contributed by atoms with Crippen molar-refractivity contribution in [2.45, 2.75) is 26.9 Å². The molecule has 0 fully saturated rings. The van der Waals surface area contributed by atoms with Crippen LogP contribution in [0.25, 0.3) is 0 Å². The van der Waals surface area contributed by atoms with Gasteiger partial charge in [-0.15, -0.1) is 0 Å². The standard InChI is InChI=1S/C23H23FN6S/c1-16-22(17(2)30(27-16)15-18-6-4-3-5-7-18)26-23(31)25-21-12-13-29(28-21)14-19-8-10-20(24)11-9-19/h3-13H,14-15H2,1-2H3,(H2,25,26,28,31). The lowest BCUT2D eigenvalue weighted by atomic mass is 10.2. The van der Waals surface area contributed by atoms with E-state index < -0.39 is 0 Å². The largest absolute Gasteiger partial charge is 0.329 e. The SMILES string of the molecule is Cc1nn(Cc2ccccc2)c(C)c1NC(=S)Nc1ccn(Cc2ccc(F)cc2)n1. The topological polar surface area (TPSA) is 59.7 Å². The number of thiocarbonyl (C=S) groups is 1. The second-order valence-corrected chi connectivity index (χ2v) is 7.70. The quantitative estimate of drug-likeness (QED) is 0.429. The summed E-state index contributed by atoms with van der Waals surface area (Å²) in [4.78, 5) is 0. The molecule has 31 heavy (non-hydrogen) atoms. The highest BCUT2D eigenvalue weighted by Crippen LogP contribution is 2.21. The average Bonchev–Trinajstić information content (AvgIpc) is 3.29. The van der Waals surface area contributed by atoms with Crippen molar-refractivity contribution in [1.29, 1.82) is 0 Å². The predicted molar refractivity (Wildman–Crippen MR) is 125 cm³/mol. The Morgan fingerprint density at radius 1 is 0.903 bits per heavy atom. The first-order valence-electron chi connectivity index (χ1n) is 9.92. The molecule has 0 aliphatic heterocycles. The Bertz CT molecular complexity index is 1180. The van der Waals surface area contributed by atoms with E-state index in [-0.39, 0.29) is 5.82 Å². The smallest absolute Gasteiger partial charge is 0.176 e. The van der Waals surface area contributed by atoms with Crippen LogP contribution in [-0.4, -0.2) is 24.7 Å². The van der Waals surface area contributed by atoms with Gasteiger partial charge in [-0.25, -0.2) is 4.39 Å². The van der Waals surface area contributed by atoms with Gasteiger partial charge in [0.2, 0.25) is 0 Å². The molecular formula is C23H23FN6S. The van der Waals surface area contributed by atoms with Gasteiger partial charge in [0.25, 0.3) is 0 Å². The molecule has 2 N–H and O–H groups in total. The van der Waals surface area contributed by atoms with Gasteiger partial charge in [0.05, 0.1) is 30.2 Å². The molecule has 0 atom stereocenters. The Morgan fingerprint density at radius 2 is 1.61 bits per heavy atom. The zero-order chi connectivity index (χ0) is 21.8. The minimum atomic E-state index is -0.249. The third kappa shape index (κ3) is 5.16. The molecule has 0 saturated carbocycles. The van der Waals surface area contributed by atoms with Crippen molar-refractivity contribution in [2.75, 3.05) is 10.6 Å². The predicted octanol–water partition coefficient (Wildman–Crippen LogP) is 4.74. The van der Waals surface area contributed by atoms with Gasteiger partial charge in [-0.3, -0.25) is 9.36 Å². The van der Waals surface area contributed by atoms with E-state index in [1.807, 2.05) is 49.0 Å². The fourth-order valence-electron chi connectivity index (χ4n) is 3.34. The fourth-order valence-corrected chi connectivity index (χ4v) is 3.55. The summed E-state index contributed by atoms with van der Waals surface area (Å²) in [6.45, 7) is 5.22. The van der Waals surface area contributed by atoms with Gasteiger partial charge >= 0.3 is 0 Å². The Labute approximate surface area is 185 Å². The third-order valence-electron chi connectivity index (χ3n) is 4.94. The van der Waals surface area contributed by atoms with Crippen LogP contribution >= 0.6 is 12.2 Å². The van der Waals surface area contributed by atoms with E-state index in [4.69, 9.17) is 12.2 Å². The summed E-state index contributed by atoms with van der Waals surface area (Å²) < 4.78 is 16.8. The second-order valence-electron chi connectivity index (χ2n) is 7.29. The van der Waals surface area contributed by atoms with Crippen LogP contribution < -0.4 is 10.6 Å². The van der Waals surface area contributed by atoms with E-state index in [0.717, 1.165) is 22.6 Å². The zero-order valence-corrected chi connectivity index (χ0v) is 18.2. The molecule has 4 rings (SSSR count). The molecule has 0 saturated heterocycles. The highest BCUT2D eigenvalue weighted by molar-refractivity contribution is 7.80. The number of halogens is 1. The highest BCUT2D eigenvalue weighted by Gasteiger charge is 2.13. The maximum atomic E-state index is 13.1. The average molecular weight is 435 g/mol. The van der Waals surface area contributed by atoms with Crippen LogP contribution in [0.3, 0.4) is 0 Å². The summed E-state index contributed by atoms with van der Waals surface area (Å²) >= 11 is 5.48. The number of hydrogen-bond acceptors (Lipinski definition) is 3. The molecule has 0 radical (unpaired) electrons. The Morgan fingerprint density at radius 3 is 2.35 bits per heavy atom. The maximum Gasteiger partial charge on any atom is 0.176 e. The number of nitrogens with one attached hydrogen (secondary N) is 2. The van der Waals surface area contributed by atoms with E-state index in [9.17, 15) is 4.39 Å². The van der Waals surface area contributed by atoms with Crippen molar-refractivity contribution in [3.05, 3.63) is 95.2 Å². The maximum absolute atomic E-state index is 13.1. The molecule has 4 aromatic rings. The van der Waals surface area contributed by atoms with Crippen LogP contribution in [0.4, 0.5) is 15.9 Å². The van der Waals surface area contributed by atoms with Crippen LogP contribution in [0, 0.1) is 19.7 Å². The molecule has 2 aromatic carbocycles.